The molecular formula is C23H30N2O2. The normalized spacial score (nSPS) is 24.3. The molecular weight excluding hydrogens is 336 g/mol. The van der Waals surface area contributed by atoms with Crippen LogP contribution in [-0.4, -0.2) is 41.1 Å². The second-order valence-electron chi connectivity index (χ2n) is 8.40. The molecule has 1 saturated heterocycles. The molecule has 1 amide bonds. The number of benzene rings is 2. The summed E-state index contributed by atoms with van der Waals surface area (Å²) in [5.74, 6) is 0.728. The summed E-state index contributed by atoms with van der Waals surface area (Å²) in [5.41, 5.74) is 0.368. The van der Waals surface area contributed by atoms with E-state index in [9.17, 15) is 9.90 Å². The summed E-state index contributed by atoms with van der Waals surface area (Å²) in [4.78, 5) is 15.3. The van der Waals surface area contributed by atoms with Crippen LogP contribution in [0.25, 0.3) is 10.8 Å². The van der Waals surface area contributed by atoms with Gasteiger partial charge in [-0.25, -0.2) is 0 Å². The van der Waals surface area contributed by atoms with Crippen LogP contribution in [0.4, 0.5) is 0 Å². The number of hydrogen-bond donors (Lipinski definition) is 2. The average Bonchev–Trinajstić information content (AvgIpc) is 3.01. The van der Waals surface area contributed by atoms with Crippen LogP contribution < -0.4 is 5.32 Å². The SMILES string of the molecule is C[C@H]1C[C@@H](NC(=O)c2ccc3ccccc3c2O)CN1CC1CCCCC1. The maximum absolute atomic E-state index is 12.8. The molecule has 4 rings (SSSR count). The molecule has 0 bridgehead atoms. The summed E-state index contributed by atoms with van der Waals surface area (Å²) in [5, 5.41) is 15.4. The molecule has 2 aromatic carbocycles. The van der Waals surface area contributed by atoms with E-state index in [1.54, 1.807) is 6.07 Å². The first-order chi connectivity index (χ1) is 13.1. The van der Waals surface area contributed by atoms with E-state index in [4.69, 9.17) is 0 Å². The molecule has 2 aliphatic rings. The zero-order valence-corrected chi connectivity index (χ0v) is 16.2. The number of aromatic hydroxyl groups is 1. The lowest BCUT2D eigenvalue weighted by molar-refractivity contribution is 0.0934. The summed E-state index contributed by atoms with van der Waals surface area (Å²) in [6.07, 6.45) is 7.81. The minimum Gasteiger partial charge on any atom is -0.506 e. The number of nitrogens with one attached hydrogen (secondary N) is 1. The number of rotatable bonds is 4. The number of carbonyl (C=O) groups excluding carboxylic acids is 1. The third-order valence-corrected chi connectivity index (χ3v) is 6.40. The third-order valence-electron chi connectivity index (χ3n) is 6.40. The van der Waals surface area contributed by atoms with Crippen LogP contribution in [0.3, 0.4) is 0 Å². The molecule has 4 nitrogen and oxygen atoms in total. The zero-order chi connectivity index (χ0) is 18.8. The van der Waals surface area contributed by atoms with Gasteiger partial charge in [0.1, 0.15) is 5.75 Å². The Hall–Kier alpha value is -2.07. The number of carbonyl (C=O) groups is 1. The highest BCUT2D eigenvalue weighted by molar-refractivity contribution is 6.03. The molecule has 1 aliphatic heterocycles. The molecule has 0 aromatic heterocycles. The summed E-state index contributed by atoms with van der Waals surface area (Å²) >= 11 is 0. The van der Waals surface area contributed by atoms with Gasteiger partial charge in [-0.3, -0.25) is 9.69 Å². The minimum atomic E-state index is -0.171. The fourth-order valence-electron chi connectivity index (χ4n) is 4.86. The van der Waals surface area contributed by atoms with Crippen molar-refractivity contribution >= 4 is 16.7 Å². The van der Waals surface area contributed by atoms with Crippen LogP contribution in [-0.2, 0) is 0 Å². The van der Waals surface area contributed by atoms with Crippen LogP contribution in [0.15, 0.2) is 36.4 Å². The molecule has 144 valence electrons. The predicted octanol–water partition coefficient (Wildman–Crippen LogP) is 4.32. The molecule has 2 N–H and O–H groups in total. The Kier molecular flexibility index (Phi) is 5.35. The first-order valence-corrected chi connectivity index (χ1v) is 10.4. The summed E-state index contributed by atoms with van der Waals surface area (Å²) < 4.78 is 0. The lowest BCUT2D eigenvalue weighted by atomic mass is 9.89. The minimum absolute atomic E-state index is 0.0794. The van der Waals surface area contributed by atoms with Crippen LogP contribution in [0.1, 0.15) is 55.8 Å². The number of amides is 1. The van der Waals surface area contributed by atoms with Crippen molar-refractivity contribution in [1.29, 1.82) is 0 Å². The molecule has 2 atom stereocenters. The van der Waals surface area contributed by atoms with Crippen molar-refractivity contribution in [1.82, 2.24) is 10.2 Å². The first kappa shape index (κ1) is 18.3. The van der Waals surface area contributed by atoms with Gasteiger partial charge >= 0.3 is 0 Å². The van der Waals surface area contributed by atoms with E-state index in [1.165, 1.54) is 32.1 Å². The van der Waals surface area contributed by atoms with Gasteiger partial charge in [-0.05, 0) is 43.6 Å². The second-order valence-corrected chi connectivity index (χ2v) is 8.40. The van der Waals surface area contributed by atoms with Gasteiger partial charge in [0.25, 0.3) is 5.91 Å². The van der Waals surface area contributed by atoms with E-state index in [0.29, 0.717) is 11.6 Å². The molecule has 27 heavy (non-hydrogen) atoms. The Bertz CT molecular complexity index is 813. The number of hydrogen-bond acceptors (Lipinski definition) is 3. The van der Waals surface area contributed by atoms with Gasteiger partial charge in [0.15, 0.2) is 0 Å². The Morgan fingerprint density at radius 1 is 1.15 bits per heavy atom. The van der Waals surface area contributed by atoms with Gasteiger partial charge in [-0.1, -0.05) is 49.6 Å². The molecule has 2 fully saturated rings. The van der Waals surface area contributed by atoms with Gasteiger partial charge in [-0.15, -0.1) is 0 Å². The highest BCUT2D eigenvalue weighted by atomic mass is 16.3. The highest BCUT2D eigenvalue weighted by Gasteiger charge is 2.32. The Morgan fingerprint density at radius 2 is 1.93 bits per heavy atom. The van der Waals surface area contributed by atoms with Crippen molar-refractivity contribution in [3.05, 3.63) is 42.0 Å². The predicted molar refractivity (Wildman–Crippen MR) is 109 cm³/mol. The summed E-state index contributed by atoms with van der Waals surface area (Å²) in [6.45, 7) is 4.34. The van der Waals surface area contributed by atoms with Gasteiger partial charge in [0, 0.05) is 30.6 Å². The number of phenolic OH excluding ortho intramolecular Hbond substituents is 1. The maximum Gasteiger partial charge on any atom is 0.255 e. The fourth-order valence-corrected chi connectivity index (χ4v) is 4.86. The van der Waals surface area contributed by atoms with E-state index in [2.05, 4.69) is 17.1 Å². The lowest BCUT2D eigenvalue weighted by Gasteiger charge is -2.29. The molecule has 1 heterocycles. The quantitative estimate of drug-likeness (QED) is 0.847. The van der Waals surface area contributed by atoms with Crippen molar-refractivity contribution in [2.24, 2.45) is 5.92 Å². The van der Waals surface area contributed by atoms with E-state index in [0.717, 1.165) is 36.2 Å². The zero-order valence-electron chi connectivity index (χ0n) is 16.2. The number of phenols is 1. The van der Waals surface area contributed by atoms with E-state index < -0.39 is 0 Å². The van der Waals surface area contributed by atoms with Crippen LogP contribution in [0.5, 0.6) is 5.75 Å². The van der Waals surface area contributed by atoms with Gasteiger partial charge in [-0.2, -0.15) is 0 Å². The molecule has 0 unspecified atom stereocenters. The van der Waals surface area contributed by atoms with Crippen LogP contribution in [0, 0.1) is 5.92 Å². The fraction of sp³-hybridized carbons (Fsp3) is 0.522. The number of fused-ring (bicyclic) bond motifs is 1. The summed E-state index contributed by atoms with van der Waals surface area (Å²) in [7, 11) is 0. The van der Waals surface area contributed by atoms with E-state index in [1.807, 2.05) is 30.3 Å². The third kappa shape index (κ3) is 3.96. The van der Waals surface area contributed by atoms with E-state index >= 15 is 0 Å². The van der Waals surface area contributed by atoms with Gasteiger partial charge in [0.05, 0.1) is 5.56 Å². The lowest BCUT2D eigenvalue weighted by Crippen LogP contribution is -2.38. The van der Waals surface area contributed by atoms with Gasteiger partial charge < -0.3 is 10.4 Å². The maximum atomic E-state index is 12.8. The Labute approximate surface area is 161 Å². The van der Waals surface area contributed by atoms with Crippen molar-refractivity contribution in [3.8, 4) is 5.75 Å². The smallest absolute Gasteiger partial charge is 0.255 e. The molecule has 2 aromatic rings. The Morgan fingerprint density at radius 3 is 2.74 bits per heavy atom. The monoisotopic (exact) mass is 366 g/mol. The summed E-state index contributed by atoms with van der Waals surface area (Å²) in [6, 6.07) is 11.9. The second kappa shape index (κ2) is 7.89. The number of likely N-dealkylation sites (tertiary alicyclic amines) is 1. The molecule has 4 heteroatoms. The number of nitrogens with zero attached hydrogens (tertiary/aromatic N) is 1. The molecule has 0 radical (unpaired) electrons. The Balaban J connectivity index is 1.40. The average molecular weight is 367 g/mol. The molecule has 1 aliphatic carbocycles. The molecule has 0 spiro atoms. The van der Waals surface area contributed by atoms with Crippen molar-refractivity contribution < 1.29 is 9.90 Å². The standard InChI is InChI=1S/C23H30N2O2/c1-16-13-19(15-25(16)14-17-7-3-2-4-8-17)24-23(27)21-12-11-18-9-5-6-10-20(18)22(21)26/h5-6,9-12,16-17,19,26H,2-4,7-8,13-15H2,1H3,(H,24,27)/t16-,19+/m0/s1. The van der Waals surface area contributed by atoms with Crippen molar-refractivity contribution in [2.45, 2.75) is 57.5 Å². The topological polar surface area (TPSA) is 52.6 Å². The largest absolute Gasteiger partial charge is 0.506 e. The first-order valence-electron chi connectivity index (χ1n) is 10.4. The van der Waals surface area contributed by atoms with Crippen molar-refractivity contribution in [2.75, 3.05) is 13.1 Å². The van der Waals surface area contributed by atoms with Gasteiger partial charge in [0.2, 0.25) is 0 Å². The van der Waals surface area contributed by atoms with E-state index in [-0.39, 0.29) is 17.7 Å². The molecule has 1 saturated carbocycles. The van der Waals surface area contributed by atoms with Crippen molar-refractivity contribution in [3.63, 3.8) is 0 Å². The van der Waals surface area contributed by atoms with Crippen LogP contribution in [0.2, 0.25) is 0 Å². The van der Waals surface area contributed by atoms with Crippen LogP contribution >= 0.6 is 0 Å². The highest BCUT2D eigenvalue weighted by Crippen LogP contribution is 2.30.